The first-order valence-corrected chi connectivity index (χ1v) is 5.64. The van der Waals surface area contributed by atoms with Gasteiger partial charge in [0, 0.05) is 5.02 Å². The van der Waals surface area contributed by atoms with Crippen LogP contribution in [0.1, 0.15) is 26.2 Å². The average Bonchev–Trinajstić information content (AvgIpc) is 2.26. The number of carbonyl (C=O) groups excluding carboxylic acids is 1. The second-order valence-electron chi connectivity index (χ2n) is 3.52. The van der Waals surface area contributed by atoms with Crippen molar-refractivity contribution in [2.75, 3.05) is 0 Å². The van der Waals surface area contributed by atoms with Gasteiger partial charge in [0.25, 0.3) is 0 Å². The second-order valence-corrected chi connectivity index (χ2v) is 3.96. The monoisotopic (exact) mass is 264 g/mol. The van der Waals surface area contributed by atoms with Gasteiger partial charge < -0.3 is 14.6 Å². The Morgan fingerprint density at radius 1 is 1.41 bits per heavy atom. The minimum absolute atomic E-state index is 0. The fourth-order valence-electron chi connectivity index (χ4n) is 1.29. The van der Waals surface area contributed by atoms with E-state index in [4.69, 9.17) is 16.3 Å². The van der Waals surface area contributed by atoms with Gasteiger partial charge in [-0.3, -0.25) is 0 Å². The van der Waals surface area contributed by atoms with E-state index >= 15 is 0 Å². The third kappa shape index (κ3) is 6.32. The zero-order chi connectivity index (χ0) is 12.0. The Morgan fingerprint density at radius 3 is 2.47 bits per heavy atom. The van der Waals surface area contributed by atoms with Crippen LogP contribution >= 0.6 is 11.6 Å². The summed E-state index contributed by atoms with van der Waals surface area (Å²) in [6, 6.07) is 6.60. The summed E-state index contributed by atoms with van der Waals surface area (Å²) in [6.07, 6.45) is 1.29. The molecule has 0 saturated carbocycles. The van der Waals surface area contributed by atoms with Gasteiger partial charge in [0.2, 0.25) is 0 Å². The topological polar surface area (TPSA) is 49.4 Å². The molecule has 1 rings (SSSR count). The number of rotatable bonds is 6. The molecule has 0 aliphatic heterocycles. The SMILES string of the molecule is CCCC[C@H](Oc1ccc(Cl)cc1)C(=O)[O-].[Na+]. The molecule has 1 aromatic carbocycles. The van der Waals surface area contributed by atoms with Gasteiger partial charge >= 0.3 is 29.6 Å². The summed E-state index contributed by atoms with van der Waals surface area (Å²) < 4.78 is 5.31. The molecule has 0 amide bonds. The fourth-order valence-corrected chi connectivity index (χ4v) is 1.42. The molecule has 0 unspecified atom stereocenters. The summed E-state index contributed by atoms with van der Waals surface area (Å²) in [4.78, 5) is 10.8. The summed E-state index contributed by atoms with van der Waals surface area (Å²) in [5.74, 6) is -0.682. The Balaban J connectivity index is 0.00000256. The van der Waals surface area contributed by atoms with Gasteiger partial charge in [0.05, 0.1) is 5.97 Å². The number of hydrogen-bond acceptors (Lipinski definition) is 3. The molecule has 5 heteroatoms. The fraction of sp³-hybridized carbons (Fsp3) is 0.417. The first-order chi connectivity index (χ1) is 7.63. The molecule has 0 bridgehead atoms. The van der Waals surface area contributed by atoms with Gasteiger partial charge in [-0.25, -0.2) is 0 Å². The Hall–Kier alpha value is -0.220. The van der Waals surface area contributed by atoms with Crippen molar-refractivity contribution in [3.63, 3.8) is 0 Å². The molecular formula is C12H14ClNaO3. The molecule has 0 saturated heterocycles. The summed E-state index contributed by atoms with van der Waals surface area (Å²) in [5.41, 5.74) is 0. The summed E-state index contributed by atoms with van der Waals surface area (Å²) in [6.45, 7) is 1.99. The average molecular weight is 265 g/mol. The zero-order valence-corrected chi connectivity index (χ0v) is 12.9. The molecule has 1 atom stereocenters. The van der Waals surface area contributed by atoms with Crippen LogP contribution in [0.15, 0.2) is 24.3 Å². The second kappa shape index (κ2) is 8.81. The van der Waals surface area contributed by atoms with Crippen LogP contribution in [0.2, 0.25) is 5.02 Å². The van der Waals surface area contributed by atoms with Crippen LogP contribution in [-0.4, -0.2) is 12.1 Å². The predicted octanol–water partition coefficient (Wildman–Crippen LogP) is -0.968. The van der Waals surface area contributed by atoms with Crippen molar-refractivity contribution < 1.29 is 44.2 Å². The molecule has 0 aromatic heterocycles. The van der Waals surface area contributed by atoms with Gasteiger partial charge in [-0.05, 0) is 37.1 Å². The van der Waals surface area contributed by atoms with Crippen molar-refractivity contribution in [1.82, 2.24) is 0 Å². The van der Waals surface area contributed by atoms with E-state index in [-0.39, 0.29) is 29.6 Å². The molecule has 0 N–H and O–H groups in total. The van der Waals surface area contributed by atoms with Crippen LogP contribution in [0.4, 0.5) is 0 Å². The minimum atomic E-state index is -1.18. The molecule has 0 radical (unpaired) electrons. The van der Waals surface area contributed by atoms with Crippen molar-refractivity contribution in [3.05, 3.63) is 29.3 Å². The van der Waals surface area contributed by atoms with Gasteiger partial charge in [-0.15, -0.1) is 0 Å². The smallest absolute Gasteiger partial charge is 0.546 e. The number of carbonyl (C=O) groups is 1. The number of carboxylic acid groups (broad SMARTS) is 1. The summed E-state index contributed by atoms with van der Waals surface area (Å²) in [5, 5.41) is 11.4. The first kappa shape index (κ1) is 16.8. The van der Waals surface area contributed by atoms with Crippen molar-refractivity contribution >= 4 is 17.6 Å². The maximum Gasteiger partial charge on any atom is 1.00 e. The molecular weight excluding hydrogens is 251 g/mol. The molecule has 0 fully saturated rings. The van der Waals surface area contributed by atoms with E-state index in [0.717, 1.165) is 12.8 Å². The van der Waals surface area contributed by atoms with Crippen molar-refractivity contribution in [3.8, 4) is 5.75 Å². The van der Waals surface area contributed by atoms with Crippen LogP contribution in [0.5, 0.6) is 5.75 Å². The number of hydrogen-bond donors (Lipinski definition) is 0. The maximum absolute atomic E-state index is 10.8. The van der Waals surface area contributed by atoms with Gasteiger partial charge in [0.1, 0.15) is 11.9 Å². The van der Waals surface area contributed by atoms with E-state index < -0.39 is 12.1 Å². The third-order valence-corrected chi connectivity index (χ3v) is 2.43. The van der Waals surface area contributed by atoms with Crippen LogP contribution in [0.25, 0.3) is 0 Å². The molecule has 0 aliphatic rings. The van der Waals surface area contributed by atoms with E-state index in [9.17, 15) is 9.90 Å². The summed E-state index contributed by atoms with van der Waals surface area (Å²) in [7, 11) is 0. The minimum Gasteiger partial charge on any atom is -0.546 e. The molecule has 1 aromatic rings. The Labute approximate surface area is 128 Å². The quantitative estimate of drug-likeness (QED) is 0.622. The number of halogens is 1. The molecule has 0 heterocycles. The van der Waals surface area contributed by atoms with Gasteiger partial charge in [-0.2, -0.15) is 0 Å². The van der Waals surface area contributed by atoms with E-state index in [0.29, 0.717) is 17.2 Å². The zero-order valence-electron chi connectivity index (χ0n) is 10.1. The van der Waals surface area contributed by atoms with E-state index in [2.05, 4.69) is 0 Å². The van der Waals surface area contributed by atoms with E-state index in [1.807, 2.05) is 6.92 Å². The Bertz CT molecular complexity index is 340. The largest absolute Gasteiger partial charge is 1.00 e. The van der Waals surface area contributed by atoms with Crippen molar-refractivity contribution in [2.24, 2.45) is 0 Å². The van der Waals surface area contributed by atoms with Crippen molar-refractivity contribution in [2.45, 2.75) is 32.3 Å². The van der Waals surface area contributed by atoms with E-state index in [1.165, 1.54) is 0 Å². The van der Waals surface area contributed by atoms with Gasteiger partial charge in [-0.1, -0.05) is 24.9 Å². The maximum atomic E-state index is 10.8. The predicted molar refractivity (Wildman–Crippen MR) is 60.4 cm³/mol. The number of benzene rings is 1. The standard InChI is InChI=1S/C12H15ClO3.Na/c1-2-3-4-11(12(14)15)16-10-7-5-9(13)6-8-10;/h5-8,11H,2-4H2,1H3,(H,14,15);/q;+1/p-1/t11-;/m0./s1. The number of ether oxygens (including phenoxy) is 1. The summed E-state index contributed by atoms with van der Waals surface area (Å²) >= 11 is 5.71. The Morgan fingerprint density at radius 2 is 2.00 bits per heavy atom. The van der Waals surface area contributed by atoms with Crippen LogP contribution < -0.4 is 39.4 Å². The first-order valence-electron chi connectivity index (χ1n) is 5.26. The molecule has 3 nitrogen and oxygen atoms in total. The number of aliphatic carboxylic acids is 1. The number of unbranched alkanes of at least 4 members (excludes halogenated alkanes) is 1. The van der Waals surface area contributed by atoms with Crippen LogP contribution in [0.3, 0.4) is 0 Å². The van der Waals surface area contributed by atoms with Crippen molar-refractivity contribution in [1.29, 1.82) is 0 Å². The van der Waals surface area contributed by atoms with Gasteiger partial charge in [0.15, 0.2) is 0 Å². The third-order valence-electron chi connectivity index (χ3n) is 2.17. The Kier molecular flexibility index (Phi) is 8.70. The van der Waals surface area contributed by atoms with Crippen LogP contribution in [-0.2, 0) is 4.79 Å². The number of carboxylic acids is 1. The molecule has 88 valence electrons. The molecule has 17 heavy (non-hydrogen) atoms. The van der Waals surface area contributed by atoms with Crippen LogP contribution in [0, 0.1) is 0 Å². The molecule has 0 spiro atoms. The van der Waals surface area contributed by atoms with E-state index in [1.54, 1.807) is 24.3 Å². The normalized spacial score (nSPS) is 11.4. The molecule has 0 aliphatic carbocycles.